The first-order valence-corrected chi connectivity index (χ1v) is 7.55. The summed E-state index contributed by atoms with van der Waals surface area (Å²) in [5, 5.41) is 2.68. The van der Waals surface area contributed by atoms with Gasteiger partial charge in [-0.05, 0) is 45.7 Å². The van der Waals surface area contributed by atoms with Crippen molar-refractivity contribution in [3.63, 3.8) is 0 Å². The van der Waals surface area contributed by atoms with E-state index in [1.165, 1.54) is 7.11 Å². The van der Waals surface area contributed by atoms with Gasteiger partial charge in [-0.3, -0.25) is 0 Å². The number of esters is 1. The monoisotopic (exact) mass is 319 g/mol. The molecule has 0 fully saturated rings. The molecule has 0 atom stereocenters. The van der Waals surface area contributed by atoms with Crippen LogP contribution in [-0.2, 0) is 9.47 Å². The van der Waals surface area contributed by atoms with Crippen LogP contribution in [0, 0.1) is 6.92 Å². The number of rotatable bonds is 5. The second-order valence-electron chi connectivity index (χ2n) is 6.20. The first-order chi connectivity index (χ1) is 10.7. The number of alkyl carbamates (subject to hydrolysis) is 1. The van der Waals surface area contributed by atoms with Crippen molar-refractivity contribution in [3.05, 3.63) is 41.0 Å². The zero-order valence-electron chi connectivity index (χ0n) is 14.4. The molecule has 0 bridgehead atoms. The Kier molecular flexibility index (Phi) is 6.82. The third kappa shape index (κ3) is 7.00. The maximum absolute atomic E-state index is 11.7. The summed E-state index contributed by atoms with van der Waals surface area (Å²) in [6.07, 6.45) is 3.96. The molecular formula is C18H25NO4. The molecule has 1 aromatic carbocycles. The van der Waals surface area contributed by atoms with Crippen LogP contribution < -0.4 is 5.32 Å². The molecule has 1 amide bonds. The Morgan fingerprint density at radius 3 is 2.57 bits per heavy atom. The van der Waals surface area contributed by atoms with Crippen molar-refractivity contribution in [1.29, 1.82) is 0 Å². The van der Waals surface area contributed by atoms with E-state index in [0.29, 0.717) is 18.5 Å². The van der Waals surface area contributed by atoms with Gasteiger partial charge in [0.15, 0.2) is 0 Å². The number of aryl methyl sites for hydroxylation is 1. The van der Waals surface area contributed by atoms with E-state index in [1.807, 2.05) is 52.0 Å². The maximum atomic E-state index is 11.7. The molecule has 0 aliphatic heterocycles. The molecule has 0 saturated heterocycles. The number of carbonyl (C=O) groups excluding carboxylic acids is 2. The van der Waals surface area contributed by atoms with Crippen molar-refractivity contribution in [1.82, 2.24) is 5.32 Å². The summed E-state index contributed by atoms with van der Waals surface area (Å²) in [7, 11) is 1.36. The van der Waals surface area contributed by atoms with Gasteiger partial charge in [-0.25, -0.2) is 9.59 Å². The van der Waals surface area contributed by atoms with Crippen LogP contribution in [0.15, 0.2) is 24.3 Å². The van der Waals surface area contributed by atoms with E-state index in [2.05, 4.69) is 5.32 Å². The van der Waals surface area contributed by atoms with Crippen molar-refractivity contribution in [2.24, 2.45) is 0 Å². The van der Waals surface area contributed by atoms with Gasteiger partial charge in [-0.2, -0.15) is 0 Å². The molecule has 0 radical (unpaired) electrons. The highest BCUT2D eigenvalue weighted by Crippen LogP contribution is 2.15. The molecule has 126 valence electrons. The molecule has 23 heavy (non-hydrogen) atoms. The Labute approximate surface area is 137 Å². The number of carbonyl (C=O) groups is 2. The van der Waals surface area contributed by atoms with E-state index in [9.17, 15) is 9.59 Å². The van der Waals surface area contributed by atoms with Crippen LogP contribution in [0.4, 0.5) is 4.79 Å². The van der Waals surface area contributed by atoms with E-state index in [4.69, 9.17) is 9.47 Å². The number of methoxy groups -OCH3 is 1. The summed E-state index contributed by atoms with van der Waals surface area (Å²) < 4.78 is 9.92. The molecule has 0 heterocycles. The Balaban J connectivity index is 2.57. The summed E-state index contributed by atoms with van der Waals surface area (Å²) in [5.74, 6) is -0.364. The van der Waals surface area contributed by atoms with Crippen molar-refractivity contribution >= 4 is 18.1 Å². The predicted molar refractivity (Wildman–Crippen MR) is 90.4 cm³/mol. The third-order valence-corrected chi connectivity index (χ3v) is 2.89. The van der Waals surface area contributed by atoms with Gasteiger partial charge in [0.2, 0.25) is 0 Å². The van der Waals surface area contributed by atoms with Gasteiger partial charge in [0, 0.05) is 6.54 Å². The average Bonchev–Trinajstić information content (AvgIpc) is 2.44. The van der Waals surface area contributed by atoms with Crippen molar-refractivity contribution in [2.75, 3.05) is 13.7 Å². The van der Waals surface area contributed by atoms with Gasteiger partial charge in [0.1, 0.15) is 5.60 Å². The minimum atomic E-state index is -0.503. The number of hydrogen-bond acceptors (Lipinski definition) is 4. The topological polar surface area (TPSA) is 64.6 Å². The summed E-state index contributed by atoms with van der Waals surface area (Å²) in [6.45, 7) is 7.88. The summed E-state index contributed by atoms with van der Waals surface area (Å²) in [4.78, 5) is 23.2. The summed E-state index contributed by atoms with van der Waals surface area (Å²) in [5.41, 5.74) is 1.88. The fraction of sp³-hybridized carbons (Fsp3) is 0.444. The van der Waals surface area contributed by atoms with Gasteiger partial charge in [-0.15, -0.1) is 0 Å². The van der Waals surface area contributed by atoms with Gasteiger partial charge in [0.05, 0.1) is 12.7 Å². The first-order valence-electron chi connectivity index (χ1n) is 7.55. The van der Waals surface area contributed by atoms with Crippen LogP contribution >= 0.6 is 0 Å². The standard InChI is InChI=1S/C18H25NO4/c1-13-9-10-15(16(20)22-5)14(12-13)8-6-7-11-19-17(21)23-18(2,3)4/h6,8-10,12H,7,11H2,1-5H3,(H,19,21). The van der Waals surface area contributed by atoms with E-state index < -0.39 is 11.7 Å². The molecule has 0 aliphatic rings. The second kappa shape index (κ2) is 8.36. The van der Waals surface area contributed by atoms with Crippen LogP contribution in [0.3, 0.4) is 0 Å². The second-order valence-corrected chi connectivity index (χ2v) is 6.20. The molecule has 1 N–H and O–H groups in total. The quantitative estimate of drug-likeness (QED) is 0.664. The molecule has 1 aromatic rings. The highest BCUT2D eigenvalue weighted by atomic mass is 16.6. The van der Waals surface area contributed by atoms with E-state index in [1.54, 1.807) is 6.07 Å². The number of ether oxygens (including phenoxy) is 2. The zero-order valence-corrected chi connectivity index (χ0v) is 14.4. The van der Waals surface area contributed by atoms with E-state index in [-0.39, 0.29) is 5.97 Å². The van der Waals surface area contributed by atoms with Crippen LogP contribution in [0.1, 0.15) is 48.7 Å². The summed E-state index contributed by atoms with van der Waals surface area (Å²) >= 11 is 0. The number of nitrogens with one attached hydrogen (secondary N) is 1. The van der Waals surface area contributed by atoms with E-state index >= 15 is 0 Å². The molecular weight excluding hydrogens is 294 g/mol. The van der Waals surface area contributed by atoms with Crippen LogP contribution in [-0.4, -0.2) is 31.3 Å². The van der Waals surface area contributed by atoms with Crippen LogP contribution in [0.5, 0.6) is 0 Å². The number of amides is 1. The van der Waals surface area contributed by atoms with Gasteiger partial charge in [-0.1, -0.05) is 29.8 Å². The number of benzene rings is 1. The molecule has 1 rings (SSSR count). The van der Waals surface area contributed by atoms with Crippen molar-refractivity contribution < 1.29 is 19.1 Å². The highest BCUT2D eigenvalue weighted by molar-refractivity contribution is 5.93. The van der Waals surface area contributed by atoms with Gasteiger partial charge in [0.25, 0.3) is 0 Å². The maximum Gasteiger partial charge on any atom is 0.407 e. The SMILES string of the molecule is COC(=O)c1ccc(C)cc1C=CCCNC(=O)OC(C)(C)C. The lowest BCUT2D eigenvalue weighted by atomic mass is 10.0. The Bertz CT molecular complexity index is 585. The molecule has 0 unspecified atom stereocenters. The lowest BCUT2D eigenvalue weighted by Gasteiger charge is -2.19. The lowest BCUT2D eigenvalue weighted by molar-refractivity contribution is 0.0527. The van der Waals surface area contributed by atoms with Crippen molar-refractivity contribution in [3.8, 4) is 0 Å². The fourth-order valence-electron chi connectivity index (χ4n) is 1.90. The lowest BCUT2D eigenvalue weighted by Crippen LogP contribution is -2.32. The average molecular weight is 319 g/mol. The predicted octanol–water partition coefficient (Wildman–Crippen LogP) is 3.71. The molecule has 0 spiro atoms. The Morgan fingerprint density at radius 1 is 1.26 bits per heavy atom. The van der Waals surface area contributed by atoms with Crippen LogP contribution in [0.25, 0.3) is 6.08 Å². The Morgan fingerprint density at radius 2 is 1.96 bits per heavy atom. The van der Waals surface area contributed by atoms with Crippen molar-refractivity contribution in [2.45, 2.75) is 39.7 Å². The summed E-state index contributed by atoms with van der Waals surface area (Å²) in [6, 6.07) is 5.54. The molecule has 5 nitrogen and oxygen atoms in total. The minimum Gasteiger partial charge on any atom is -0.465 e. The van der Waals surface area contributed by atoms with E-state index in [0.717, 1.165) is 11.1 Å². The molecule has 0 saturated carbocycles. The third-order valence-electron chi connectivity index (χ3n) is 2.89. The molecule has 5 heteroatoms. The Hall–Kier alpha value is -2.30. The normalized spacial score (nSPS) is 11.3. The zero-order chi connectivity index (χ0) is 17.5. The molecule has 0 aromatic heterocycles. The minimum absolute atomic E-state index is 0.364. The van der Waals surface area contributed by atoms with Gasteiger partial charge >= 0.3 is 12.1 Å². The smallest absolute Gasteiger partial charge is 0.407 e. The number of hydrogen-bond donors (Lipinski definition) is 1. The van der Waals surface area contributed by atoms with Crippen LogP contribution in [0.2, 0.25) is 0 Å². The largest absolute Gasteiger partial charge is 0.465 e. The van der Waals surface area contributed by atoms with Gasteiger partial charge < -0.3 is 14.8 Å². The fourth-order valence-corrected chi connectivity index (χ4v) is 1.90. The molecule has 0 aliphatic carbocycles. The highest BCUT2D eigenvalue weighted by Gasteiger charge is 2.15. The first kappa shape index (κ1) is 18.7.